The number of aromatic amines is 1. The molecule has 0 bridgehead atoms. The van der Waals surface area contributed by atoms with Gasteiger partial charge < -0.3 is 14.6 Å². The minimum Gasteiger partial charge on any atom is -0.444 e. The van der Waals surface area contributed by atoms with Crippen LogP contribution in [-0.2, 0) is 11.2 Å². The lowest BCUT2D eigenvalue weighted by Gasteiger charge is -2.33. The van der Waals surface area contributed by atoms with E-state index in [9.17, 15) is 9.59 Å². The molecule has 160 valence electrons. The van der Waals surface area contributed by atoms with Crippen LogP contribution in [0.5, 0.6) is 0 Å². The molecule has 0 aliphatic carbocycles. The Morgan fingerprint density at radius 2 is 2.07 bits per heavy atom. The van der Waals surface area contributed by atoms with Crippen molar-refractivity contribution in [3.8, 4) is 10.6 Å². The third-order valence-electron chi connectivity index (χ3n) is 5.24. The molecule has 0 aromatic carbocycles. The van der Waals surface area contributed by atoms with Crippen LogP contribution >= 0.6 is 11.3 Å². The van der Waals surface area contributed by atoms with Gasteiger partial charge in [0.25, 0.3) is 5.56 Å². The van der Waals surface area contributed by atoms with Crippen LogP contribution in [0, 0.1) is 0 Å². The number of piperidine rings is 1. The first-order valence-corrected chi connectivity index (χ1v) is 11.2. The second-order valence-corrected chi connectivity index (χ2v) is 9.47. The summed E-state index contributed by atoms with van der Waals surface area (Å²) in [6, 6.07) is 1.62. The van der Waals surface area contributed by atoms with E-state index in [1.54, 1.807) is 28.5 Å². The van der Waals surface area contributed by atoms with Crippen LogP contribution in [0.4, 0.5) is 4.79 Å². The first-order chi connectivity index (χ1) is 14.2. The number of carbonyl (C=O) groups excluding carboxylic acids is 1. The van der Waals surface area contributed by atoms with E-state index in [0.29, 0.717) is 18.7 Å². The van der Waals surface area contributed by atoms with E-state index in [0.717, 1.165) is 41.2 Å². The number of hydrogen-bond acceptors (Lipinski definition) is 6. The van der Waals surface area contributed by atoms with Gasteiger partial charge >= 0.3 is 6.09 Å². The molecular weight excluding hydrogens is 402 g/mol. The molecule has 3 aromatic heterocycles. The highest BCUT2D eigenvalue weighted by molar-refractivity contribution is 7.13. The number of nitrogens with zero attached hydrogens (tertiary/aromatic N) is 4. The van der Waals surface area contributed by atoms with Gasteiger partial charge in [0.05, 0.1) is 23.1 Å². The molecule has 4 rings (SSSR count). The Bertz CT molecular complexity index is 1120. The fourth-order valence-corrected chi connectivity index (χ4v) is 4.65. The molecule has 3 aromatic rings. The lowest BCUT2D eigenvalue weighted by Crippen LogP contribution is -2.41. The molecule has 0 atom stereocenters. The Kier molecular flexibility index (Phi) is 5.40. The van der Waals surface area contributed by atoms with Crippen LogP contribution in [0.3, 0.4) is 0 Å². The summed E-state index contributed by atoms with van der Waals surface area (Å²) in [6.07, 6.45) is 3.86. The number of aromatic nitrogens is 4. The predicted molar refractivity (Wildman–Crippen MR) is 116 cm³/mol. The zero-order valence-electron chi connectivity index (χ0n) is 17.8. The maximum Gasteiger partial charge on any atom is 0.410 e. The van der Waals surface area contributed by atoms with Crippen molar-refractivity contribution in [1.29, 1.82) is 0 Å². The van der Waals surface area contributed by atoms with E-state index in [4.69, 9.17) is 4.74 Å². The zero-order valence-corrected chi connectivity index (χ0v) is 18.6. The quantitative estimate of drug-likeness (QED) is 0.683. The van der Waals surface area contributed by atoms with E-state index in [1.165, 1.54) is 0 Å². The third kappa shape index (κ3) is 4.12. The number of H-pyrrole nitrogens is 1. The van der Waals surface area contributed by atoms with Crippen molar-refractivity contribution in [2.24, 2.45) is 0 Å². The largest absolute Gasteiger partial charge is 0.444 e. The van der Waals surface area contributed by atoms with Gasteiger partial charge in [0.15, 0.2) is 0 Å². The highest BCUT2D eigenvalue weighted by atomic mass is 32.1. The molecule has 1 aliphatic heterocycles. The number of fused-ring (bicyclic) bond motifs is 1. The molecule has 1 saturated heterocycles. The van der Waals surface area contributed by atoms with E-state index >= 15 is 0 Å². The molecule has 0 spiro atoms. The molecule has 1 amide bonds. The number of nitrogens with one attached hydrogen (secondary N) is 1. The molecule has 1 aliphatic rings. The van der Waals surface area contributed by atoms with E-state index in [2.05, 4.69) is 22.0 Å². The molecule has 0 unspecified atom stereocenters. The summed E-state index contributed by atoms with van der Waals surface area (Å²) in [5, 5.41) is 7.45. The summed E-state index contributed by atoms with van der Waals surface area (Å²) < 4.78 is 7.30. The first kappa shape index (κ1) is 20.6. The van der Waals surface area contributed by atoms with Crippen LogP contribution in [-0.4, -0.2) is 49.3 Å². The minimum atomic E-state index is -0.508. The fraction of sp³-hybridized carbons (Fsp3) is 0.524. The van der Waals surface area contributed by atoms with E-state index < -0.39 is 5.60 Å². The van der Waals surface area contributed by atoms with Gasteiger partial charge in [-0.05, 0) is 40.0 Å². The Labute approximate surface area is 178 Å². The summed E-state index contributed by atoms with van der Waals surface area (Å²) in [5.74, 6) is 0.142. The number of thiazole rings is 1. The van der Waals surface area contributed by atoms with E-state index in [1.807, 2.05) is 30.7 Å². The zero-order chi connectivity index (χ0) is 21.5. The summed E-state index contributed by atoms with van der Waals surface area (Å²) in [5.41, 5.74) is 2.75. The fourth-order valence-electron chi connectivity index (χ4n) is 3.74. The topological polar surface area (TPSA) is 92.6 Å². The number of carbonyl (C=O) groups is 1. The van der Waals surface area contributed by atoms with Crippen molar-refractivity contribution >= 4 is 23.1 Å². The first-order valence-electron chi connectivity index (χ1n) is 10.3. The highest BCUT2D eigenvalue weighted by Gasteiger charge is 2.29. The molecule has 9 heteroatoms. The van der Waals surface area contributed by atoms with Crippen LogP contribution < -0.4 is 5.56 Å². The molecular formula is C21H27N5O3S. The Morgan fingerprint density at radius 1 is 1.33 bits per heavy atom. The average Bonchev–Trinajstić information content (AvgIpc) is 3.32. The SMILES string of the molecule is CCc1csc(-c2cnn3c(C4CCN(C(=O)OC(C)(C)C)CC4)cc(=O)[nH]c23)n1. The van der Waals surface area contributed by atoms with Crippen molar-refractivity contribution in [1.82, 2.24) is 24.5 Å². The monoisotopic (exact) mass is 429 g/mol. The normalized spacial score (nSPS) is 15.7. The van der Waals surface area contributed by atoms with Crippen LogP contribution in [0.1, 0.15) is 57.8 Å². The maximum atomic E-state index is 12.4. The second kappa shape index (κ2) is 7.86. The summed E-state index contributed by atoms with van der Waals surface area (Å²) >= 11 is 1.56. The Morgan fingerprint density at radius 3 is 2.70 bits per heavy atom. The highest BCUT2D eigenvalue weighted by Crippen LogP contribution is 2.31. The van der Waals surface area contributed by atoms with Gasteiger partial charge in [0.1, 0.15) is 16.3 Å². The maximum absolute atomic E-state index is 12.4. The minimum absolute atomic E-state index is 0.142. The molecule has 0 saturated carbocycles. The van der Waals surface area contributed by atoms with Crippen molar-refractivity contribution in [3.63, 3.8) is 0 Å². The van der Waals surface area contributed by atoms with Crippen LogP contribution in [0.25, 0.3) is 16.2 Å². The van der Waals surface area contributed by atoms with E-state index in [-0.39, 0.29) is 17.6 Å². The third-order valence-corrected chi connectivity index (χ3v) is 6.17. The number of rotatable bonds is 3. The standard InChI is InChI=1S/C21H27N5O3S/c1-5-14-12-30-19(23-14)15-11-22-26-16(10-17(27)24-18(15)26)13-6-8-25(9-7-13)20(28)29-21(2,3)4/h10-13H,5-9H2,1-4H3,(H,24,27). The lowest BCUT2D eigenvalue weighted by molar-refractivity contribution is 0.0203. The second-order valence-electron chi connectivity index (χ2n) is 8.62. The van der Waals surface area contributed by atoms with Gasteiger partial charge in [-0.15, -0.1) is 11.3 Å². The van der Waals surface area contributed by atoms with Crippen molar-refractivity contribution in [3.05, 3.63) is 39.4 Å². The van der Waals surface area contributed by atoms with Crippen LogP contribution in [0.15, 0.2) is 22.4 Å². The summed E-state index contributed by atoms with van der Waals surface area (Å²) in [4.78, 5) is 34.1. The molecule has 0 radical (unpaired) electrons. The van der Waals surface area contributed by atoms with Crippen molar-refractivity contribution in [2.75, 3.05) is 13.1 Å². The molecule has 1 N–H and O–H groups in total. The van der Waals surface area contributed by atoms with Crippen molar-refractivity contribution < 1.29 is 9.53 Å². The van der Waals surface area contributed by atoms with Gasteiger partial charge in [-0.2, -0.15) is 5.10 Å². The van der Waals surface area contributed by atoms with Gasteiger partial charge in [-0.25, -0.2) is 14.3 Å². The van der Waals surface area contributed by atoms with Crippen molar-refractivity contribution in [2.45, 2.75) is 58.5 Å². The molecule has 8 nitrogen and oxygen atoms in total. The molecule has 30 heavy (non-hydrogen) atoms. The van der Waals surface area contributed by atoms with Crippen LogP contribution in [0.2, 0.25) is 0 Å². The number of ether oxygens (including phenoxy) is 1. The lowest BCUT2D eigenvalue weighted by atomic mass is 9.93. The van der Waals surface area contributed by atoms with Gasteiger partial charge in [-0.1, -0.05) is 6.92 Å². The average molecular weight is 430 g/mol. The Balaban J connectivity index is 1.58. The number of hydrogen-bond donors (Lipinski definition) is 1. The van der Waals surface area contributed by atoms with Gasteiger partial charge in [0.2, 0.25) is 0 Å². The van der Waals surface area contributed by atoms with Gasteiger partial charge in [-0.3, -0.25) is 4.79 Å². The summed E-state index contributed by atoms with van der Waals surface area (Å²) in [6.45, 7) is 8.85. The predicted octanol–water partition coefficient (Wildman–Crippen LogP) is 3.82. The Hall–Kier alpha value is -2.68. The molecule has 4 heterocycles. The molecule has 1 fully saturated rings. The summed E-state index contributed by atoms with van der Waals surface area (Å²) in [7, 11) is 0. The smallest absolute Gasteiger partial charge is 0.410 e. The van der Waals surface area contributed by atoms with Gasteiger partial charge in [0, 0.05) is 30.5 Å². The number of aryl methyl sites for hydroxylation is 1. The number of likely N-dealkylation sites (tertiary alicyclic amines) is 1. The number of amides is 1.